The molecular weight excluding hydrogens is 436 g/mol. The molecule has 2 aromatic carbocycles. The number of hydrogen-bond acceptors (Lipinski definition) is 5. The van der Waals surface area contributed by atoms with Gasteiger partial charge < -0.3 is 10.2 Å². The minimum atomic E-state index is -0.744. The minimum absolute atomic E-state index is 0.124. The molecule has 6 amide bonds. The number of imide groups is 2. The average molecular weight is 455 g/mol. The summed E-state index contributed by atoms with van der Waals surface area (Å²) in [7, 11) is 0. The number of piperidine rings is 1. The minimum Gasteiger partial charge on any atom is -0.322 e. The zero-order valence-corrected chi connectivity index (χ0v) is 17.8. The van der Waals surface area contributed by atoms with Gasteiger partial charge in [0.15, 0.2) is 0 Å². The van der Waals surface area contributed by atoms with E-state index in [1.165, 1.54) is 17.0 Å². The van der Waals surface area contributed by atoms with Gasteiger partial charge >= 0.3 is 6.03 Å². The molecule has 0 spiro atoms. The van der Waals surface area contributed by atoms with Crippen LogP contribution in [0.25, 0.3) is 0 Å². The zero-order chi connectivity index (χ0) is 23.0. The Morgan fingerprint density at radius 2 is 1.91 bits per heavy atom. The Morgan fingerprint density at radius 1 is 1.12 bits per heavy atom. The topological polar surface area (TPSA) is 125 Å². The standard InChI is InChI=1S/C22H19ClN4O5/c1-11-2-5-14(9-16(11)23)24-22(32)26-19(29)12-3-4-13-10-27(21(31)15(13)8-12)17-6-7-18(28)25-20(17)30/h2-5,8-9,17H,6-7,10H2,1H3,(H,25,28,30)(H2,24,26,29,32). The second-order valence-corrected chi connectivity index (χ2v) is 8.05. The molecule has 0 aliphatic carbocycles. The van der Waals surface area contributed by atoms with Gasteiger partial charge in [-0.05, 0) is 48.7 Å². The fourth-order valence-electron chi connectivity index (χ4n) is 3.70. The lowest BCUT2D eigenvalue weighted by Crippen LogP contribution is -2.52. The van der Waals surface area contributed by atoms with Crippen molar-refractivity contribution in [3.8, 4) is 0 Å². The third kappa shape index (κ3) is 4.19. The highest BCUT2D eigenvalue weighted by atomic mass is 35.5. The number of fused-ring (bicyclic) bond motifs is 1. The summed E-state index contributed by atoms with van der Waals surface area (Å²) in [6.07, 6.45) is 0.409. The van der Waals surface area contributed by atoms with Gasteiger partial charge in [0.1, 0.15) is 6.04 Å². The average Bonchev–Trinajstić information content (AvgIpc) is 3.06. The number of nitrogens with zero attached hydrogens (tertiary/aromatic N) is 1. The lowest BCUT2D eigenvalue weighted by atomic mass is 10.0. The molecular formula is C22H19ClN4O5. The molecule has 0 bridgehead atoms. The number of urea groups is 1. The highest BCUT2D eigenvalue weighted by Crippen LogP contribution is 2.28. The van der Waals surface area contributed by atoms with Crippen molar-refractivity contribution in [3.05, 3.63) is 63.7 Å². The van der Waals surface area contributed by atoms with Crippen LogP contribution in [-0.4, -0.2) is 40.6 Å². The largest absolute Gasteiger partial charge is 0.326 e. The molecule has 32 heavy (non-hydrogen) atoms. The Labute approximate surface area is 188 Å². The quantitative estimate of drug-likeness (QED) is 0.614. The van der Waals surface area contributed by atoms with Crippen LogP contribution >= 0.6 is 11.6 Å². The molecule has 2 aromatic rings. The van der Waals surface area contributed by atoms with Gasteiger partial charge in [-0.15, -0.1) is 0 Å². The monoisotopic (exact) mass is 454 g/mol. The van der Waals surface area contributed by atoms with Crippen molar-refractivity contribution in [1.82, 2.24) is 15.5 Å². The van der Waals surface area contributed by atoms with Crippen molar-refractivity contribution in [2.45, 2.75) is 32.4 Å². The fraction of sp³-hybridized carbons (Fsp3) is 0.227. The SMILES string of the molecule is Cc1ccc(NC(=O)NC(=O)c2ccc3c(c2)C(=O)N(C2CCC(=O)NC2=O)C3)cc1Cl. The summed E-state index contributed by atoms with van der Waals surface area (Å²) >= 11 is 6.03. The maximum atomic E-state index is 12.9. The van der Waals surface area contributed by atoms with Crippen LogP contribution < -0.4 is 16.0 Å². The molecule has 0 saturated carbocycles. The number of aryl methyl sites for hydroxylation is 1. The molecule has 1 atom stereocenters. The van der Waals surface area contributed by atoms with E-state index in [9.17, 15) is 24.0 Å². The first-order valence-corrected chi connectivity index (χ1v) is 10.3. The van der Waals surface area contributed by atoms with Gasteiger partial charge in [0, 0.05) is 34.8 Å². The Bertz CT molecular complexity index is 1180. The van der Waals surface area contributed by atoms with E-state index in [4.69, 9.17) is 11.6 Å². The van der Waals surface area contributed by atoms with Crippen LogP contribution in [0.5, 0.6) is 0 Å². The Hall–Kier alpha value is -3.72. The van der Waals surface area contributed by atoms with E-state index in [2.05, 4.69) is 16.0 Å². The molecule has 10 heteroatoms. The van der Waals surface area contributed by atoms with Gasteiger partial charge in [0.2, 0.25) is 11.8 Å². The lowest BCUT2D eigenvalue weighted by Gasteiger charge is -2.29. The van der Waals surface area contributed by atoms with Crippen LogP contribution in [0.3, 0.4) is 0 Å². The number of benzene rings is 2. The second-order valence-electron chi connectivity index (χ2n) is 7.64. The Kier molecular flexibility index (Phi) is 5.67. The molecule has 164 valence electrons. The number of rotatable bonds is 3. The summed E-state index contributed by atoms with van der Waals surface area (Å²) in [6, 6.07) is 8.00. The van der Waals surface area contributed by atoms with E-state index in [0.717, 1.165) is 5.56 Å². The van der Waals surface area contributed by atoms with Gasteiger partial charge in [0.25, 0.3) is 11.8 Å². The molecule has 1 saturated heterocycles. The third-order valence-electron chi connectivity index (χ3n) is 5.45. The summed E-state index contributed by atoms with van der Waals surface area (Å²) in [5.74, 6) is -1.95. The van der Waals surface area contributed by atoms with Gasteiger partial charge in [-0.3, -0.25) is 29.8 Å². The fourth-order valence-corrected chi connectivity index (χ4v) is 3.88. The van der Waals surface area contributed by atoms with Crippen molar-refractivity contribution >= 4 is 46.9 Å². The summed E-state index contributed by atoms with van der Waals surface area (Å²) in [4.78, 5) is 62.4. The number of carbonyl (C=O) groups excluding carboxylic acids is 5. The highest BCUT2D eigenvalue weighted by Gasteiger charge is 2.39. The predicted octanol–water partition coefficient (Wildman–Crippen LogP) is 2.37. The Morgan fingerprint density at radius 3 is 2.62 bits per heavy atom. The van der Waals surface area contributed by atoms with Crippen LogP contribution in [0.2, 0.25) is 5.02 Å². The van der Waals surface area contributed by atoms with Gasteiger partial charge in [0.05, 0.1) is 0 Å². The normalized spacial score (nSPS) is 17.6. The summed E-state index contributed by atoms with van der Waals surface area (Å²) in [5.41, 5.74) is 2.35. The molecule has 0 radical (unpaired) electrons. The van der Waals surface area contributed by atoms with Crippen molar-refractivity contribution in [2.24, 2.45) is 0 Å². The van der Waals surface area contributed by atoms with Crippen molar-refractivity contribution in [2.75, 3.05) is 5.32 Å². The first-order chi connectivity index (χ1) is 15.2. The van der Waals surface area contributed by atoms with Crippen molar-refractivity contribution in [3.63, 3.8) is 0 Å². The van der Waals surface area contributed by atoms with Crippen LogP contribution in [0, 0.1) is 6.92 Å². The zero-order valence-electron chi connectivity index (χ0n) is 17.0. The molecule has 1 fully saturated rings. The molecule has 1 unspecified atom stereocenters. The summed E-state index contributed by atoms with van der Waals surface area (Å²) in [5, 5.41) is 7.46. The van der Waals surface area contributed by atoms with E-state index in [1.54, 1.807) is 24.3 Å². The van der Waals surface area contributed by atoms with Crippen molar-refractivity contribution < 1.29 is 24.0 Å². The van der Waals surface area contributed by atoms with Gasteiger partial charge in [-0.1, -0.05) is 23.7 Å². The van der Waals surface area contributed by atoms with E-state index in [0.29, 0.717) is 16.3 Å². The smallest absolute Gasteiger partial charge is 0.322 e. The first-order valence-electron chi connectivity index (χ1n) is 9.89. The van der Waals surface area contributed by atoms with Crippen LogP contribution in [0.1, 0.15) is 44.7 Å². The van der Waals surface area contributed by atoms with Crippen LogP contribution in [0.15, 0.2) is 36.4 Å². The maximum Gasteiger partial charge on any atom is 0.326 e. The first kappa shape index (κ1) is 21.5. The van der Waals surface area contributed by atoms with E-state index in [-0.39, 0.29) is 36.4 Å². The molecule has 2 aliphatic heterocycles. The number of carbonyl (C=O) groups is 5. The van der Waals surface area contributed by atoms with Crippen LogP contribution in [-0.2, 0) is 16.1 Å². The van der Waals surface area contributed by atoms with Gasteiger partial charge in [-0.2, -0.15) is 0 Å². The maximum absolute atomic E-state index is 12.9. The molecule has 3 N–H and O–H groups in total. The molecule has 2 aliphatic rings. The van der Waals surface area contributed by atoms with Crippen LogP contribution in [0.4, 0.5) is 10.5 Å². The number of nitrogens with one attached hydrogen (secondary N) is 3. The number of anilines is 1. The Balaban J connectivity index is 1.44. The predicted molar refractivity (Wildman–Crippen MR) is 115 cm³/mol. The summed E-state index contributed by atoms with van der Waals surface area (Å²) < 4.78 is 0. The molecule has 0 aromatic heterocycles. The molecule has 2 heterocycles. The second kappa shape index (κ2) is 8.43. The number of halogens is 1. The third-order valence-corrected chi connectivity index (χ3v) is 5.85. The van der Waals surface area contributed by atoms with E-state index < -0.39 is 29.8 Å². The van der Waals surface area contributed by atoms with E-state index >= 15 is 0 Å². The molecule has 4 rings (SSSR count). The molecule has 9 nitrogen and oxygen atoms in total. The van der Waals surface area contributed by atoms with E-state index in [1.807, 2.05) is 6.92 Å². The summed E-state index contributed by atoms with van der Waals surface area (Å²) in [6.45, 7) is 2.03. The van der Waals surface area contributed by atoms with Gasteiger partial charge in [-0.25, -0.2) is 4.79 Å². The van der Waals surface area contributed by atoms with Crippen molar-refractivity contribution in [1.29, 1.82) is 0 Å². The lowest BCUT2D eigenvalue weighted by molar-refractivity contribution is -0.136. The number of amides is 6. The number of hydrogen-bond donors (Lipinski definition) is 3. The highest BCUT2D eigenvalue weighted by molar-refractivity contribution is 6.31.